The van der Waals surface area contributed by atoms with Crippen LogP contribution >= 0.6 is 0 Å². The van der Waals surface area contributed by atoms with Crippen molar-refractivity contribution in [2.75, 3.05) is 0 Å². The Kier molecular flexibility index (Phi) is 4.05. The van der Waals surface area contributed by atoms with Gasteiger partial charge in [0.1, 0.15) is 5.78 Å². The number of nitrogens with one attached hydrogen (secondary N) is 2. The Morgan fingerprint density at radius 2 is 1.87 bits per heavy atom. The third-order valence-electron chi connectivity index (χ3n) is 3.55. The summed E-state index contributed by atoms with van der Waals surface area (Å²) in [5.41, 5.74) is -4.13. The number of ketones is 1. The highest BCUT2D eigenvalue weighted by molar-refractivity contribution is 5.86. The minimum absolute atomic E-state index is 0.290. The summed E-state index contributed by atoms with van der Waals surface area (Å²) in [6.45, 7) is 0.785. The maximum absolute atomic E-state index is 13.3. The van der Waals surface area contributed by atoms with Crippen LogP contribution in [0, 0.1) is 17.6 Å². The molecular formula is C13H11F5N2O3. The van der Waals surface area contributed by atoms with Crippen molar-refractivity contribution in [2.45, 2.75) is 24.9 Å². The average molecular weight is 338 g/mol. The number of rotatable bonds is 2. The van der Waals surface area contributed by atoms with Crippen LogP contribution in [-0.2, 0) is 4.79 Å². The summed E-state index contributed by atoms with van der Waals surface area (Å²) in [7, 11) is 0. The van der Waals surface area contributed by atoms with Gasteiger partial charge >= 0.3 is 12.2 Å². The van der Waals surface area contributed by atoms with Crippen molar-refractivity contribution in [1.82, 2.24) is 10.6 Å². The zero-order chi connectivity index (χ0) is 17.6. The third-order valence-corrected chi connectivity index (χ3v) is 3.55. The lowest BCUT2D eigenvalue weighted by atomic mass is 9.79. The zero-order valence-corrected chi connectivity index (χ0v) is 11.5. The smallest absolute Gasteiger partial charge is 0.363 e. The fraction of sp³-hybridized carbons (Fsp3) is 0.385. The lowest BCUT2D eigenvalue weighted by Crippen LogP contribution is -2.72. The van der Waals surface area contributed by atoms with Gasteiger partial charge in [0.25, 0.3) is 0 Å². The van der Waals surface area contributed by atoms with Gasteiger partial charge in [-0.3, -0.25) is 4.79 Å². The quantitative estimate of drug-likeness (QED) is 0.719. The Labute approximate surface area is 126 Å². The molecule has 0 radical (unpaired) electrons. The first-order valence-electron chi connectivity index (χ1n) is 6.30. The van der Waals surface area contributed by atoms with E-state index in [-0.39, 0.29) is 5.56 Å². The molecule has 0 aliphatic carbocycles. The number of benzene rings is 1. The molecule has 1 aromatic rings. The van der Waals surface area contributed by atoms with Gasteiger partial charge in [0.2, 0.25) is 5.72 Å². The van der Waals surface area contributed by atoms with Crippen LogP contribution in [0.2, 0.25) is 0 Å². The number of hydrogen-bond donors (Lipinski definition) is 3. The second kappa shape index (κ2) is 5.44. The standard InChI is InChI=1S/C13H11F5N2O3/c1-5(21)9-10(6-2-3-7(14)8(15)4-6)19-11(22)20-12(9,23)13(16,17)18/h2-4,9-10,23H,1H3,(H2,19,20,22)/t9-,10+,12+/m1/s1. The van der Waals surface area contributed by atoms with E-state index in [1.165, 1.54) is 5.32 Å². The van der Waals surface area contributed by atoms with Crippen LogP contribution < -0.4 is 10.6 Å². The summed E-state index contributed by atoms with van der Waals surface area (Å²) in [5, 5.41) is 13.2. The van der Waals surface area contributed by atoms with Crippen LogP contribution in [0.15, 0.2) is 18.2 Å². The van der Waals surface area contributed by atoms with E-state index in [1.807, 2.05) is 5.32 Å². The van der Waals surface area contributed by atoms with Gasteiger partial charge in [-0.1, -0.05) is 6.07 Å². The molecule has 126 valence electrons. The Morgan fingerprint density at radius 3 is 2.35 bits per heavy atom. The summed E-state index contributed by atoms with van der Waals surface area (Å²) < 4.78 is 65.8. The number of alkyl halides is 3. The van der Waals surface area contributed by atoms with Crippen molar-refractivity contribution >= 4 is 11.8 Å². The molecule has 1 saturated heterocycles. The van der Waals surface area contributed by atoms with Gasteiger partial charge in [-0.25, -0.2) is 13.6 Å². The fourth-order valence-corrected chi connectivity index (χ4v) is 2.51. The summed E-state index contributed by atoms with van der Waals surface area (Å²) in [4.78, 5) is 23.2. The monoisotopic (exact) mass is 338 g/mol. The van der Waals surface area contributed by atoms with Crippen LogP contribution in [0.1, 0.15) is 18.5 Å². The minimum atomic E-state index is -5.36. The number of urea groups is 1. The highest BCUT2D eigenvalue weighted by atomic mass is 19.4. The highest BCUT2D eigenvalue weighted by Gasteiger charge is 2.65. The molecule has 3 N–H and O–H groups in total. The van der Waals surface area contributed by atoms with Gasteiger partial charge in [-0.05, 0) is 24.6 Å². The SMILES string of the molecule is CC(=O)[C@@H]1[C@H](c2ccc(F)c(F)c2)NC(=O)N[C@@]1(O)C(F)(F)F. The Morgan fingerprint density at radius 1 is 1.26 bits per heavy atom. The predicted molar refractivity (Wildman–Crippen MR) is 65.9 cm³/mol. The molecule has 3 atom stereocenters. The first kappa shape index (κ1) is 17.1. The van der Waals surface area contributed by atoms with Gasteiger partial charge in [0.15, 0.2) is 11.6 Å². The van der Waals surface area contributed by atoms with Gasteiger partial charge in [0.05, 0.1) is 12.0 Å². The molecule has 1 aliphatic rings. The summed E-state index contributed by atoms with van der Waals surface area (Å²) in [6.07, 6.45) is -5.36. The molecule has 0 saturated carbocycles. The number of hydrogen-bond acceptors (Lipinski definition) is 3. The topological polar surface area (TPSA) is 78.4 Å². The molecule has 0 aromatic heterocycles. The summed E-state index contributed by atoms with van der Waals surface area (Å²) in [6, 6.07) is -0.984. The first-order valence-corrected chi connectivity index (χ1v) is 6.30. The second-order valence-electron chi connectivity index (χ2n) is 5.10. The average Bonchev–Trinajstić information content (AvgIpc) is 2.39. The molecule has 2 rings (SSSR count). The van der Waals surface area contributed by atoms with Crippen molar-refractivity contribution in [3.63, 3.8) is 0 Å². The van der Waals surface area contributed by atoms with E-state index in [9.17, 15) is 36.6 Å². The molecule has 1 aliphatic heterocycles. The summed E-state index contributed by atoms with van der Waals surface area (Å²) >= 11 is 0. The molecule has 5 nitrogen and oxygen atoms in total. The molecule has 1 fully saturated rings. The molecule has 1 heterocycles. The number of carbonyl (C=O) groups is 2. The number of carbonyl (C=O) groups excluding carboxylic acids is 2. The van der Waals surface area contributed by atoms with Crippen LogP contribution in [0.4, 0.5) is 26.7 Å². The van der Waals surface area contributed by atoms with Crippen molar-refractivity contribution in [3.8, 4) is 0 Å². The normalized spacial score (nSPS) is 28.0. The second-order valence-corrected chi connectivity index (χ2v) is 5.10. The highest BCUT2D eigenvalue weighted by Crippen LogP contribution is 2.42. The molecule has 0 unspecified atom stereocenters. The fourth-order valence-electron chi connectivity index (χ4n) is 2.51. The van der Waals surface area contributed by atoms with Crippen LogP contribution in [0.25, 0.3) is 0 Å². The Balaban J connectivity index is 2.58. The van der Waals surface area contributed by atoms with Crippen molar-refractivity contribution in [3.05, 3.63) is 35.4 Å². The number of amides is 2. The molecule has 23 heavy (non-hydrogen) atoms. The number of aliphatic hydroxyl groups is 1. The van der Waals surface area contributed by atoms with Crippen molar-refractivity contribution < 1.29 is 36.6 Å². The Bertz CT molecular complexity index is 664. The van der Waals surface area contributed by atoms with E-state index < -0.39 is 47.3 Å². The van der Waals surface area contributed by atoms with Crippen LogP contribution in [0.5, 0.6) is 0 Å². The van der Waals surface area contributed by atoms with Crippen LogP contribution in [-0.4, -0.2) is 28.8 Å². The molecule has 2 amide bonds. The van der Waals surface area contributed by atoms with E-state index >= 15 is 0 Å². The van der Waals surface area contributed by atoms with E-state index in [0.29, 0.717) is 12.1 Å². The molecular weight excluding hydrogens is 327 g/mol. The first-order chi connectivity index (χ1) is 10.5. The molecule has 10 heteroatoms. The third kappa shape index (κ3) is 2.85. The van der Waals surface area contributed by atoms with Gasteiger partial charge in [0, 0.05) is 0 Å². The summed E-state index contributed by atoms with van der Waals surface area (Å²) in [5.74, 6) is -5.91. The number of halogens is 5. The van der Waals surface area contributed by atoms with E-state index in [0.717, 1.165) is 13.0 Å². The lowest BCUT2D eigenvalue weighted by Gasteiger charge is -2.44. The van der Waals surface area contributed by atoms with Gasteiger partial charge < -0.3 is 15.7 Å². The zero-order valence-electron chi connectivity index (χ0n) is 11.5. The van der Waals surface area contributed by atoms with Crippen LogP contribution in [0.3, 0.4) is 0 Å². The van der Waals surface area contributed by atoms with E-state index in [2.05, 4.69) is 0 Å². The number of Topliss-reactive ketones (excluding diaryl/α,β-unsaturated/α-hetero) is 1. The maximum atomic E-state index is 13.3. The Hall–Kier alpha value is -2.23. The lowest BCUT2D eigenvalue weighted by molar-refractivity contribution is -0.290. The van der Waals surface area contributed by atoms with Crippen molar-refractivity contribution in [1.29, 1.82) is 0 Å². The molecule has 0 spiro atoms. The van der Waals surface area contributed by atoms with E-state index in [1.54, 1.807) is 0 Å². The predicted octanol–water partition coefficient (Wildman–Crippen LogP) is 1.77. The minimum Gasteiger partial charge on any atom is -0.363 e. The van der Waals surface area contributed by atoms with Gasteiger partial charge in [-0.2, -0.15) is 13.2 Å². The van der Waals surface area contributed by atoms with Crippen molar-refractivity contribution in [2.24, 2.45) is 5.92 Å². The van der Waals surface area contributed by atoms with Gasteiger partial charge in [-0.15, -0.1) is 0 Å². The molecule has 0 bridgehead atoms. The largest absolute Gasteiger partial charge is 0.437 e. The maximum Gasteiger partial charge on any atom is 0.437 e. The van der Waals surface area contributed by atoms with E-state index in [4.69, 9.17) is 0 Å². The molecule has 1 aromatic carbocycles.